The second-order valence-corrected chi connectivity index (χ2v) is 9.23. The standard InChI is InChI=1S/C23H38N2O3/c1-16(2)14-25(15-17(3)4)23(6,7)20(13-22(27)28)24-21(26)12-19-10-8-18(5)9-11-19/h8-11,16-17,20H,12-15H2,1-7H3,(H,24,26)(H,27,28). The molecule has 1 aromatic carbocycles. The van der Waals surface area contributed by atoms with Crippen molar-refractivity contribution in [1.82, 2.24) is 10.2 Å². The summed E-state index contributed by atoms with van der Waals surface area (Å²) in [5, 5.41) is 12.5. The van der Waals surface area contributed by atoms with Crippen LogP contribution in [-0.2, 0) is 16.0 Å². The Labute approximate surface area is 170 Å². The lowest BCUT2D eigenvalue weighted by Crippen LogP contribution is -2.61. The van der Waals surface area contributed by atoms with E-state index in [0.717, 1.165) is 24.2 Å². The van der Waals surface area contributed by atoms with Crippen molar-refractivity contribution < 1.29 is 14.7 Å². The third kappa shape index (κ3) is 8.01. The summed E-state index contributed by atoms with van der Waals surface area (Å²) in [5.41, 5.74) is 1.60. The molecule has 28 heavy (non-hydrogen) atoms. The molecular weight excluding hydrogens is 352 g/mol. The average molecular weight is 391 g/mol. The van der Waals surface area contributed by atoms with Gasteiger partial charge in [-0.05, 0) is 38.2 Å². The van der Waals surface area contributed by atoms with Crippen molar-refractivity contribution in [3.63, 3.8) is 0 Å². The first-order valence-corrected chi connectivity index (χ1v) is 10.2. The van der Waals surface area contributed by atoms with Gasteiger partial charge in [-0.1, -0.05) is 57.5 Å². The lowest BCUT2D eigenvalue weighted by atomic mass is 9.87. The molecule has 0 aliphatic heterocycles. The fourth-order valence-electron chi connectivity index (χ4n) is 3.44. The van der Waals surface area contributed by atoms with Crippen molar-refractivity contribution in [2.45, 2.75) is 72.9 Å². The topological polar surface area (TPSA) is 69.6 Å². The number of nitrogens with zero attached hydrogens (tertiary/aromatic N) is 1. The number of carboxylic acid groups (broad SMARTS) is 1. The molecule has 1 amide bonds. The van der Waals surface area contributed by atoms with Crippen LogP contribution in [0.1, 0.15) is 59.1 Å². The zero-order valence-corrected chi connectivity index (χ0v) is 18.6. The van der Waals surface area contributed by atoms with E-state index in [1.807, 2.05) is 45.0 Å². The molecule has 0 saturated heterocycles. The normalized spacial score (nSPS) is 13.2. The maximum Gasteiger partial charge on any atom is 0.305 e. The van der Waals surface area contributed by atoms with Crippen molar-refractivity contribution in [3.05, 3.63) is 35.4 Å². The molecule has 1 rings (SSSR count). The number of benzene rings is 1. The summed E-state index contributed by atoms with van der Waals surface area (Å²) in [6, 6.07) is 7.37. The SMILES string of the molecule is Cc1ccc(CC(=O)NC(CC(=O)O)C(C)(C)N(CC(C)C)CC(C)C)cc1. The third-order valence-electron chi connectivity index (χ3n) is 5.04. The Balaban J connectivity index is 3.00. The first kappa shape index (κ1) is 24.2. The van der Waals surface area contributed by atoms with E-state index in [2.05, 4.69) is 37.9 Å². The summed E-state index contributed by atoms with van der Waals surface area (Å²) in [5.74, 6) is -0.140. The summed E-state index contributed by atoms with van der Waals surface area (Å²) >= 11 is 0. The third-order valence-corrected chi connectivity index (χ3v) is 5.04. The van der Waals surface area contributed by atoms with Crippen LogP contribution >= 0.6 is 0 Å². The van der Waals surface area contributed by atoms with E-state index in [0.29, 0.717) is 11.8 Å². The highest BCUT2D eigenvalue weighted by Gasteiger charge is 2.38. The second-order valence-electron chi connectivity index (χ2n) is 9.23. The second kappa shape index (κ2) is 10.6. The fraction of sp³-hybridized carbons (Fsp3) is 0.652. The zero-order valence-electron chi connectivity index (χ0n) is 18.6. The number of nitrogens with one attached hydrogen (secondary N) is 1. The van der Waals surface area contributed by atoms with Gasteiger partial charge in [0.05, 0.1) is 18.9 Å². The average Bonchev–Trinajstić information content (AvgIpc) is 2.54. The van der Waals surface area contributed by atoms with Crippen LogP contribution < -0.4 is 5.32 Å². The number of carbonyl (C=O) groups excluding carboxylic acids is 1. The number of hydrogen-bond donors (Lipinski definition) is 2. The molecule has 158 valence electrons. The first-order chi connectivity index (χ1) is 12.9. The summed E-state index contributed by atoms with van der Waals surface area (Å²) < 4.78 is 0. The van der Waals surface area contributed by atoms with E-state index < -0.39 is 17.6 Å². The van der Waals surface area contributed by atoms with Crippen LogP contribution in [0.3, 0.4) is 0 Å². The summed E-state index contributed by atoms with van der Waals surface area (Å²) in [6.45, 7) is 16.4. The fourth-order valence-corrected chi connectivity index (χ4v) is 3.44. The molecule has 0 aliphatic rings. The molecule has 1 unspecified atom stereocenters. The number of carbonyl (C=O) groups is 2. The Morgan fingerprint density at radius 2 is 1.54 bits per heavy atom. The molecule has 1 atom stereocenters. The van der Waals surface area contributed by atoms with Gasteiger partial charge >= 0.3 is 5.97 Å². The quantitative estimate of drug-likeness (QED) is 0.601. The molecular formula is C23H38N2O3. The lowest BCUT2D eigenvalue weighted by molar-refractivity contribution is -0.139. The van der Waals surface area contributed by atoms with Gasteiger partial charge in [0.15, 0.2) is 0 Å². The number of amides is 1. The smallest absolute Gasteiger partial charge is 0.305 e. The van der Waals surface area contributed by atoms with E-state index >= 15 is 0 Å². The van der Waals surface area contributed by atoms with Crippen LogP contribution in [0.5, 0.6) is 0 Å². The van der Waals surface area contributed by atoms with E-state index in [9.17, 15) is 14.7 Å². The van der Waals surface area contributed by atoms with E-state index in [4.69, 9.17) is 0 Å². The Bertz CT molecular complexity index is 626. The van der Waals surface area contributed by atoms with Crippen LogP contribution in [0.25, 0.3) is 0 Å². The number of rotatable bonds is 11. The lowest BCUT2D eigenvalue weighted by Gasteiger charge is -2.45. The minimum absolute atomic E-state index is 0.0979. The molecule has 0 aliphatic carbocycles. The molecule has 2 N–H and O–H groups in total. The highest BCUT2D eigenvalue weighted by molar-refractivity contribution is 5.80. The molecule has 0 saturated carbocycles. The van der Waals surface area contributed by atoms with Crippen LogP contribution in [0.2, 0.25) is 0 Å². The van der Waals surface area contributed by atoms with Gasteiger partial charge in [0.2, 0.25) is 5.91 Å². The van der Waals surface area contributed by atoms with E-state index in [1.165, 1.54) is 0 Å². The number of carboxylic acids is 1. The van der Waals surface area contributed by atoms with Crippen LogP contribution in [0.15, 0.2) is 24.3 Å². The van der Waals surface area contributed by atoms with Gasteiger partial charge in [0.1, 0.15) is 0 Å². The van der Waals surface area contributed by atoms with Crippen molar-refractivity contribution in [2.24, 2.45) is 11.8 Å². The number of aliphatic carboxylic acids is 1. The van der Waals surface area contributed by atoms with Crippen molar-refractivity contribution in [1.29, 1.82) is 0 Å². The monoisotopic (exact) mass is 390 g/mol. The Morgan fingerprint density at radius 1 is 1.04 bits per heavy atom. The number of hydrogen-bond acceptors (Lipinski definition) is 3. The predicted molar refractivity (Wildman–Crippen MR) is 114 cm³/mol. The summed E-state index contributed by atoms with van der Waals surface area (Å²) in [6.07, 6.45) is 0.153. The highest BCUT2D eigenvalue weighted by atomic mass is 16.4. The molecule has 0 fully saturated rings. The van der Waals surface area contributed by atoms with Gasteiger partial charge in [-0.25, -0.2) is 0 Å². The van der Waals surface area contributed by atoms with E-state index in [1.54, 1.807) is 0 Å². The molecule has 0 aromatic heterocycles. The number of aryl methyl sites for hydroxylation is 1. The summed E-state index contributed by atoms with van der Waals surface area (Å²) in [7, 11) is 0. The highest BCUT2D eigenvalue weighted by Crippen LogP contribution is 2.24. The van der Waals surface area contributed by atoms with Gasteiger partial charge in [0, 0.05) is 18.6 Å². The largest absolute Gasteiger partial charge is 0.481 e. The zero-order chi connectivity index (χ0) is 21.5. The molecule has 5 heteroatoms. The Kier molecular flexibility index (Phi) is 9.15. The van der Waals surface area contributed by atoms with Crippen LogP contribution in [-0.4, -0.2) is 46.6 Å². The molecule has 0 radical (unpaired) electrons. The van der Waals surface area contributed by atoms with Gasteiger partial charge < -0.3 is 10.4 Å². The minimum Gasteiger partial charge on any atom is -0.481 e. The molecule has 1 aromatic rings. The Morgan fingerprint density at radius 3 is 1.96 bits per heavy atom. The molecule has 5 nitrogen and oxygen atoms in total. The van der Waals surface area contributed by atoms with Crippen molar-refractivity contribution in [2.75, 3.05) is 13.1 Å². The van der Waals surface area contributed by atoms with Gasteiger partial charge in [0.25, 0.3) is 0 Å². The van der Waals surface area contributed by atoms with Crippen molar-refractivity contribution >= 4 is 11.9 Å². The van der Waals surface area contributed by atoms with Crippen LogP contribution in [0, 0.1) is 18.8 Å². The molecule has 0 heterocycles. The summed E-state index contributed by atoms with van der Waals surface area (Å²) in [4.78, 5) is 26.5. The van der Waals surface area contributed by atoms with Crippen molar-refractivity contribution in [3.8, 4) is 0 Å². The Hall–Kier alpha value is -1.88. The van der Waals surface area contributed by atoms with Crippen LogP contribution in [0.4, 0.5) is 0 Å². The molecule has 0 bridgehead atoms. The van der Waals surface area contributed by atoms with Gasteiger partial charge in [-0.2, -0.15) is 0 Å². The molecule has 0 spiro atoms. The minimum atomic E-state index is -0.900. The van der Waals surface area contributed by atoms with E-state index in [-0.39, 0.29) is 18.7 Å². The first-order valence-electron chi connectivity index (χ1n) is 10.2. The van der Waals surface area contributed by atoms with Gasteiger partial charge in [-0.15, -0.1) is 0 Å². The maximum absolute atomic E-state index is 12.7. The maximum atomic E-state index is 12.7. The van der Waals surface area contributed by atoms with Gasteiger partial charge in [-0.3, -0.25) is 14.5 Å². The predicted octanol–water partition coefficient (Wildman–Crippen LogP) is 3.89.